The predicted octanol–water partition coefficient (Wildman–Crippen LogP) is 0.200. The van der Waals surface area contributed by atoms with Crippen molar-refractivity contribution in [3.8, 4) is 0 Å². The lowest BCUT2D eigenvalue weighted by molar-refractivity contribution is -0.154. The number of rotatable bonds is 9. The molecule has 1 aromatic rings. The van der Waals surface area contributed by atoms with Gasteiger partial charge in [-0.05, 0) is 5.56 Å². The average molecular weight is 483 g/mol. The highest BCUT2D eigenvalue weighted by molar-refractivity contribution is 8.00. The summed E-state index contributed by atoms with van der Waals surface area (Å²) in [6.07, 6.45) is -2.01. The number of hydrogen-bond acceptors (Lipinski definition) is 8. The number of β-lactam (4-membered cyclic amide) rings is 1. The van der Waals surface area contributed by atoms with Crippen LogP contribution in [0.2, 0.25) is 0 Å². The fourth-order valence-corrected chi connectivity index (χ4v) is 4.68. The van der Waals surface area contributed by atoms with Gasteiger partial charge in [-0.15, -0.1) is 23.4 Å². The highest BCUT2D eigenvalue weighted by atomic mass is 35.5. The van der Waals surface area contributed by atoms with Gasteiger partial charge in [0.05, 0.1) is 12.3 Å². The number of carbonyl (C=O) groups excluding carboxylic acids is 4. The molecule has 0 bridgehead atoms. The maximum Gasteiger partial charge on any atom is 0.352 e. The van der Waals surface area contributed by atoms with Crippen molar-refractivity contribution < 1.29 is 38.9 Å². The van der Waals surface area contributed by atoms with Crippen LogP contribution in [-0.2, 0) is 28.7 Å². The maximum atomic E-state index is 12.5. The number of aliphatic carboxylic acids is 1. The number of fused-ring (bicyclic) bond motifs is 1. The SMILES string of the molecule is O=C(CCl)CC(=O)NC1C(=O)N2C(C(=O)O)=C(COC(=O)C(O)c3ccccc3)CSC12. The number of alkyl halides is 1. The van der Waals surface area contributed by atoms with E-state index in [0.29, 0.717) is 5.56 Å². The number of Topliss-reactive ketones (excluding diaryl/α,β-unsaturated/α-hetero) is 1. The summed E-state index contributed by atoms with van der Waals surface area (Å²) in [6.45, 7) is -0.422. The minimum atomic E-state index is -1.53. The Hall–Kier alpha value is -2.89. The molecule has 3 rings (SSSR count). The van der Waals surface area contributed by atoms with Crippen LogP contribution >= 0.6 is 23.4 Å². The van der Waals surface area contributed by atoms with E-state index in [-0.39, 0.29) is 22.9 Å². The van der Waals surface area contributed by atoms with Crippen LogP contribution in [0.5, 0.6) is 0 Å². The number of aliphatic hydroxyl groups excluding tert-OH is 1. The van der Waals surface area contributed by atoms with Gasteiger partial charge >= 0.3 is 11.9 Å². The average Bonchev–Trinajstić information content (AvgIpc) is 2.79. The Labute approximate surface area is 191 Å². The maximum absolute atomic E-state index is 12.5. The van der Waals surface area contributed by atoms with Gasteiger partial charge < -0.3 is 20.3 Å². The number of hydrogen-bond donors (Lipinski definition) is 3. The molecule has 170 valence electrons. The molecule has 3 atom stereocenters. The van der Waals surface area contributed by atoms with Crippen LogP contribution in [0.4, 0.5) is 0 Å². The molecule has 2 aliphatic heterocycles. The summed E-state index contributed by atoms with van der Waals surface area (Å²) in [5, 5.41) is 21.5. The summed E-state index contributed by atoms with van der Waals surface area (Å²) in [4.78, 5) is 60.7. The number of nitrogens with one attached hydrogen (secondary N) is 1. The fourth-order valence-electron chi connectivity index (χ4n) is 3.25. The third-order valence-corrected chi connectivity index (χ3v) is 6.44. The highest BCUT2D eigenvalue weighted by Crippen LogP contribution is 2.40. The summed E-state index contributed by atoms with van der Waals surface area (Å²) >= 11 is 6.55. The molecule has 0 aliphatic carbocycles. The third-order valence-electron chi connectivity index (χ3n) is 4.80. The Bertz CT molecular complexity index is 983. The zero-order valence-corrected chi connectivity index (χ0v) is 18.1. The van der Waals surface area contributed by atoms with E-state index in [1.54, 1.807) is 30.3 Å². The highest BCUT2D eigenvalue weighted by Gasteiger charge is 2.54. The Morgan fingerprint density at radius 2 is 1.94 bits per heavy atom. The van der Waals surface area contributed by atoms with Crippen molar-refractivity contribution in [2.75, 3.05) is 18.2 Å². The molecule has 0 saturated carbocycles. The van der Waals surface area contributed by atoms with E-state index in [1.165, 1.54) is 11.8 Å². The number of ether oxygens (including phenoxy) is 1. The Morgan fingerprint density at radius 3 is 2.56 bits per heavy atom. The first-order valence-electron chi connectivity index (χ1n) is 9.41. The smallest absolute Gasteiger partial charge is 0.352 e. The van der Waals surface area contributed by atoms with Gasteiger partial charge in [0.2, 0.25) is 5.91 Å². The minimum absolute atomic E-state index is 0.123. The van der Waals surface area contributed by atoms with Crippen LogP contribution in [-0.4, -0.2) is 74.3 Å². The van der Waals surface area contributed by atoms with Crippen LogP contribution in [0.1, 0.15) is 18.1 Å². The molecule has 2 aliphatic rings. The Balaban J connectivity index is 1.67. The second-order valence-electron chi connectivity index (χ2n) is 6.98. The van der Waals surface area contributed by atoms with Crippen molar-refractivity contribution in [2.24, 2.45) is 0 Å². The predicted molar refractivity (Wildman–Crippen MR) is 112 cm³/mol. The molecule has 0 spiro atoms. The molecular weight excluding hydrogens is 464 g/mol. The van der Waals surface area contributed by atoms with E-state index in [2.05, 4.69) is 5.32 Å². The molecule has 2 heterocycles. The summed E-state index contributed by atoms with van der Waals surface area (Å²) in [6, 6.07) is 7.12. The zero-order chi connectivity index (χ0) is 23.4. The topological polar surface area (TPSA) is 150 Å². The van der Waals surface area contributed by atoms with Crippen molar-refractivity contribution in [3.63, 3.8) is 0 Å². The number of carboxylic acid groups (broad SMARTS) is 1. The first kappa shape index (κ1) is 23.8. The summed E-state index contributed by atoms with van der Waals surface area (Å²) in [5.74, 6) is -4.38. The number of amides is 2. The minimum Gasteiger partial charge on any atom is -0.477 e. The Morgan fingerprint density at radius 1 is 1.25 bits per heavy atom. The first-order chi connectivity index (χ1) is 15.2. The van der Waals surface area contributed by atoms with Gasteiger partial charge in [-0.1, -0.05) is 30.3 Å². The lowest BCUT2D eigenvalue weighted by Gasteiger charge is -2.49. The number of esters is 1. The molecular formula is C20H19ClN2O8S. The molecule has 32 heavy (non-hydrogen) atoms. The van der Waals surface area contributed by atoms with Crippen LogP contribution in [0.3, 0.4) is 0 Å². The van der Waals surface area contributed by atoms with Crippen molar-refractivity contribution in [1.82, 2.24) is 10.2 Å². The second kappa shape index (κ2) is 10.2. The lowest BCUT2D eigenvalue weighted by Crippen LogP contribution is -2.70. The summed E-state index contributed by atoms with van der Waals surface area (Å²) in [5.41, 5.74) is 0.179. The van der Waals surface area contributed by atoms with E-state index in [0.717, 1.165) is 4.90 Å². The van der Waals surface area contributed by atoms with Crippen LogP contribution < -0.4 is 5.32 Å². The van der Waals surface area contributed by atoms with Crippen molar-refractivity contribution >= 4 is 52.9 Å². The van der Waals surface area contributed by atoms with Crippen molar-refractivity contribution in [1.29, 1.82) is 0 Å². The molecule has 2 amide bonds. The molecule has 12 heteroatoms. The molecule has 1 aromatic carbocycles. The van der Waals surface area contributed by atoms with Gasteiger partial charge in [-0.3, -0.25) is 19.3 Å². The van der Waals surface area contributed by atoms with Gasteiger partial charge in [0.25, 0.3) is 5.91 Å². The van der Waals surface area contributed by atoms with Crippen molar-refractivity contribution in [3.05, 3.63) is 47.2 Å². The largest absolute Gasteiger partial charge is 0.477 e. The quantitative estimate of drug-likeness (QED) is 0.194. The Kier molecular flexibility index (Phi) is 7.54. The number of ketones is 1. The number of thioether (sulfide) groups is 1. The van der Waals surface area contributed by atoms with Gasteiger partial charge in [-0.2, -0.15) is 0 Å². The molecule has 0 radical (unpaired) electrons. The number of halogens is 1. The van der Waals surface area contributed by atoms with E-state index < -0.39 is 60.1 Å². The molecule has 3 unspecified atom stereocenters. The third kappa shape index (κ3) is 4.95. The van der Waals surface area contributed by atoms with Crippen LogP contribution in [0.25, 0.3) is 0 Å². The van der Waals surface area contributed by atoms with E-state index in [1.807, 2.05) is 0 Å². The normalized spacial score (nSPS) is 20.7. The number of nitrogens with zero attached hydrogens (tertiary/aromatic N) is 1. The number of aliphatic hydroxyl groups is 1. The fraction of sp³-hybridized carbons (Fsp3) is 0.350. The van der Waals surface area contributed by atoms with Gasteiger partial charge in [-0.25, -0.2) is 9.59 Å². The van der Waals surface area contributed by atoms with Crippen molar-refractivity contribution in [2.45, 2.75) is 23.9 Å². The number of benzene rings is 1. The lowest BCUT2D eigenvalue weighted by atomic mass is 10.0. The van der Waals surface area contributed by atoms with E-state index in [9.17, 15) is 34.2 Å². The molecule has 1 saturated heterocycles. The summed E-state index contributed by atoms with van der Waals surface area (Å²) < 4.78 is 5.09. The summed E-state index contributed by atoms with van der Waals surface area (Å²) in [7, 11) is 0. The van der Waals surface area contributed by atoms with E-state index in [4.69, 9.17) is 16.3 Å². The monoisotopic (exact) mass is 482 g/mol. The molecule has 1 fully saturated rings. The van der Waals surface area contributed by atoms with Gasteiger partial charge in [0, 0.05) is 11.3 Å². The number of carboxylic acids is 1. The van der Waals surface area contributed by atoms with Crippen LogP contribution in [0.15, 0.2) is 41.6 Å². The molecule has 0 aromatic heterocycles. The van der Waals surface area contributed by atoms with E-state index >= 15 is 0 Å². The van der Waals surface area contributed by atoms with Gasteiger partial charge in [0.1, 0.15) is 23.7 Å². The zero-order valence-electron chi connectivity index (χ0n) is 16.5. The van der Waals surface area contributed by atoms with Crippen LogP contribution in [0, 0.1) is 0 Å². The standard InChI is InChI=1S/C20H19ClN2O8S/c21-7-12(24)6-13(25)22-14-17(27)23-15(19(28)29)11(9-32-18(14)23)8-31-20(30)16(26)10-4-2-1-3-5-10/h1-5,14,16,18,26H,6-9H2,(H,22,25)(H,28,29). The van der Waals surface area contributed by atoms with Gasteiger partial charge in [0.15, 0.2) is 11.9 Å². The molecule has 3 N–H and O–H groups in total. The number of carbonyl (C=O) groups is 5. The molecule has 10 nitrogen and oxygen atoms in total. The second-order valence-corrected chi connectivity index (χ2v) is 8.35. The first-order valence-corrected chi connectivity index (χ1v) is 11.0.